The SMILES string of the molecule is CCCCNC(=O)c1ccc2c(c1)Cc1cccc(c1)CN(CCC)CCCCCO2. The van der Waals surface area contributed by atoms with E-state index >= 15 is 0 Å². The van der Waals surface area contributed by atoms with Crippen molar-refractivity contribution in [3.63, 3.8) is 0 Å². The van der Waals surface area contributed by atoms with Gasteiger partial charge in [0.05, 0.1) is 6.61 Å². The Bertz CT molecular complexity index is 834. The van der Waals surface area contributed by atoms with Crippen molar-refractivity contribution in [3.8, 4) is 5.75 Å². The highest BCUT2D eigenvalue weighted by Crippen LogP contribution is 2.25. The summed E-state index contributed by atoms with van der Waals surface area (Å²) < 4.78 is 6.17. The molecule has 2 aromatic carbocycles. The van der Waals surface area contributed by atoms with E-state index in [9.17, 15) is 4.79 Å². The molecule has 1 N–H and O–H groups in total. The van der Waals surface area contributed by atoms with Gasteiger partial charge in [-0.05, 0) is 80.1 Å². The Morgan fingerprint density at radius 1 is 1.03 bits per heavy atom. The van der Waals surface area contributed by atoms with Crippen LogP contribution in [0.2, 0.25) is 0 Å². The molecule has 0 unspecified atom stereocenters. The number of benzene rings is 2. The lowest BCUT2D eigenvalue weighted by atomic mass is 9.99. The number of carbonyl (C=O) groups is 1. The number of hydrogen-bond acceptors (Lipinski definition) is 3. The predicted octanol–water partition coefficient (Wildman–Crippen LogP) is 5.58. The highest BCUT2D eigenvalue weighted by atomic mass is 16.5. The molecule has 1 aliphatic rings. The van der Waals surface area contributed by atoms with Crippen molar-refractivity contribution < 1.29 is 9.53 Å². The van der Waals surface area contributed by atoms with Crippen LogP contribution in [0.5, 0.6) is 5.75 Å². The first-order chi connectivity index (χ1) is 15.2. The van der Waals surface area contributed by atoms with Gasteiger partial charge < -0.3 is 10.1 Å². The van der Waals surface area contributed by atoms with Crippen molar-refractivity contribution in [2.24, 2.45) is 0 Å². The zero-order chi connectivity index (χ0) is 21.9. The molecule has 168 valence electrons. The summed E-state index contributed by atoms with van der Waals surface area (Å²) >= 11 is 0. The Hall–Kier alpha value is -2.33. The zero-order valence-electron chi connectivity index (χ0n) is 19.3. The first-order valence-corrected chi connectivity index (χ1v) is 12.0. The summed E-state index contributed by atoms with van der Waals surface area (Å²) in [4.78, 5) is 15.2. The maximum absolute atomic E-state index is 12.6. The van der Waals surface area contributed by atoms with Gasteiger partial charge in [-0.2, -0.15) is 0 Å². The fourth-order valence-corrected chi connectivity index (χ4v) is 4.18. The van der Waals surface area contributed by atoms with Crippen LogP contribution in [0.15, 0.2) is 42.5 Å². The molecule has 0 saturated carbocycles. The van der Waals surface area contributed by atoms with Crippen LogP contribution in [0.3, 0.4) is 0 Å². The van der Waals surface area contributed by atoms with Crippen molar-refractivity contribution >= 4 is 5.91 Å². The standard InChI is InChI=1S/C27H38N2O2/c1-3-5-14-28-27(30)24-12-13-26-25(20-24)19-22-10-9-11-23(18-22)21-29(15-4-2)16-7-6-8-17-31-26/h9-13,18,20H,3-8,14-17,19,21H2,1-2H3,(H,28,30). The summed E-state index contributed by atoms with van der Waals surface area (Å²) in [5, 5.41) is 3.03. The second-order valence-electron chi connectivity index (χ2n) is 8.61. The summed E-state index contributed by atoms with van der Waals surface area (Å²) in [6, 6.07) is 14.8. The van der Waals surface area contributed by atoms with E-state index < -0.39 is 0 Å². The molecule has 0 fully saturated rings. The van der Waals surface area contributed by atoms with Crippen molar-refractivity contribution in [1.29, 1.82) is 0 Å². The fraction of sp³-hybridized carbons (Fsp3) is 0.519. The van der Waals surface area contributed by atoms with Gasteiger partial charge in [0, 0.05) is 25.1 Å². The smallest absolute Gasteiger partial charge is 0.251 e. The molecule has 2 bridgehead atoms. The van der Waals surface area contributed by atoms with Gasteiger partial charge in [0.15, 0.2) is 0 Å². The average molecular weight is 423 g/mol. The fourth-order valence-electron chi connectivity index (χ4n) is 4.18. The molecule has 1 heterocycles. The number of fused-ring (bicyclic) bond motifs is 3. The van der Waals surface area contributed by atoms with Crippen LogP contribution in [0.25, 0.3) is 0 Å². The van der Waals surface area contributed by atoms with Gasteiger partial charge in [-0.3, -0.25) is 9.69 Å². The molecule has 0 spiro atoms. The minimum Gasteiger partial charge on any atom is -0.493 e. The van der Waals surface area contributed by atoms with Crippen molar-refractivity contribution in [2.75, 3.05) is 26.2 Å². The van der Waals surface area contributed by atoms with Crippen molar-refractivity contribution in [2.45, 2.75) is 65.3 Å². The van der Waals surface area contributed by atoms with E-state index in [1.165, 1.54) is 30.4 Å². The molecule has 31 heavy (non-hydrogen) atoms. The quantitative estimate of drug-likeness (QED) is 0.618. The third-order valence-electron chi connectivity index (χ3n) is 5.85. The van der Waals surface area contributed by atoms with Crippen LogP contribution in [0.1, 0.15) is 79.4 Å². The summed E-state index contributed by atoms with van der Waals surface area (Å²) in [6.07, 6.45) is 7.46. The number of hydrogen-bond donors (Lipinski definition) is 1. The van der Waals surface area contributed by atoms with Gasteiger partial charge in [0.1, 0.15) is 5.75 Å². The molecule has 1 aliphatic heterocycles. The number of ether oxygens (including phenoxy) is 1. The number of nitrogens with zero attached hydrogens (tertiary/aromatic N) is 1. The molecule has 4 nitrogen and oxygen atoms in total. The molecule has 0 aromatic heterocycles. The molecule has 0 radical (unpaired) electrons. The molecular formula is C27H38N2O2. The maximum Gasteiger partial charge on any atom is 0.251 e. The summed E-state index contributed by atoms with van der Waals surface area (Å²) in [5.74, 6) is 0.903. The first kappa shape index (κ1) is 23.3. The van der Waals surface area contributed by atoms with E-state index in [0.717, 1.165) is 69.8 Å². The van der Waals surface area contributed by atoms with E-state index in [4.69, 9.17) is 4.74 Å². The monoisotopic (exact) mass is 422 g/mol. The van der Waals surface area contributed by atoms with E-state index in [1.54, 1.807) is 0 Å². The molecular weight excluding hydrogens is 384 g/mol. The molecule has 0 saturated heterocycles. The summed E-state index contributed by atoms with van der Waals surface area (Å²) in [5.41, 5.74) is 4.42. The molecule has 2 aromatic rings. The van der Waals surface area contributed by atoms with Crippen molar-refractivity contribution in [3.05, 3.63) is 64.7 Å². The number of carbonyl (C=O) groups excluding carboxylic acids is 1. The van der Waals surface area contributed by atoms with Crippen LogP contribution in [0, 0.1) is 0 Å². The van der Waals surface area contributed by atoms with Crippen LogP contribution in [-0.2, 0) is 13.0 Å². The number of nitrogens with one attached hydrogen (secondary N) is 1. The summed E-state index contributed by atoms with van der Waals surface area (Å²) in [7, 11) is 0. The number of unbranched alkanes of at least 4 members (excludes halogenated alkanes) is 1. The van der Waals surface area contributed by atoms with Gasteiger partial charge in [-0.25, -0.2) is 0 Å². The summed E-state index contributed by atoms with van der Waals surface area (Å²) in [6.45, 7) is 9.12. The van der Waals surface area contributed by atoms with Gasteiger partial charge in [0.25, 0.3) is 5.91 Å². The first-order valence-electron chi connectivity index (χ1n) is 12.0. The minimum atomic E-state index is -0.000359. The topological polar surface area (TPSA) is 41.6 Å². The van der Waals surface area contributed by atoms with Gasteiger partial charge >= 0.3 is 0 Å². The molecule has 1 amide bonds. The average Bonchev–Trinajstić information content (AvgIpc) is 2.77. The van der Waals surface area contributed by atoms with E-state index in [2.05, 4.69) is 48.3 Å². The third kappa shape index (κ3) is 7.39. The molecule has 0 atom stereocenters. The lowest BCUT2D eigenvalue weighted by Crippen LogP contribution is -2.25. The van der Waals surface area contributed by atoms with E-state index in [-0.39, 0.29) is 5.91 Å². The largest absolute Gasteiger partial charge is 0.493 e. The molecule has 3 rings (SSSR count). The minimum absolute atomic E-state index is 0.000359. The zero-order valence-corrected chi connectivity index (χ0v) is 19.3. The van der Waals surface area contributed by atoms with Gasteiger partial charge in [0.2, 0.25) is 0 Å². The lowest BCUT2D eigenvalue weighted by molar-refractivity contribution is 0.0953. The highest BCUT2D eigenvalue weighted by Gasteiger charge is 2.13. The second-order valence-corrected chi connectivity index (χ2v) is 8.61. The van der Waals surface area contributed by atoms with Gasteiger partial charge in [-0.1, -0.05) is 44.5 Å². The Kier molecular flexibility index (Phi) is 9.41. The molecule has 0 aliphatic carbocycles. The Morgan fingerprint density at radius 2 is 1.90 bits per heavy atom. The van der Waals surface area contributed by atoms with Crippen LogP contribution in [-0.4, -0.2) is 37.0 Å². The second kappa shape index (κ2) is 12.5. The predicted molar refractivity (Wildman–Crippen MR) is 128 cm³/mol. The number of rotatable bonds is 6. The van der Waals surface area contributed by atoms with E-state index in [1.807, 2.05) is 18.2 Å². The maximum atomic E-state index is 12.6. The Balaban J connectivity index is 1.84. The van der Waals surface area contributed by atoms with Crippen LogP contribution < -0.4 is 10.1 Å². The number of amides is 1. The van der Waals surface area contributed by atoms with Gasteiger partial charge in [-0.15, -0.1) is 0 Å². The van der Waals surface area contributed by atoms with Crippen molar-refractivity contribution in [1.82, 2.24) is 10.2 Å². The lowest BCUT2D eigenvalue weighted by Gasteiger charge is -2.22. The third-order valence-corrected chi connectivity index (χ3v) is 5.85. The van der Waals surface area contributed by atoms with Crippen LogP contribution in [0.4, 0.5) is 0 Å². The Labute approximate surface area is 188 Å². The Morgan fingerprint density at radius 3 is 2.74 bits per heavy atom. The normalized spacial score (nSPS) is 15.4. The highest BCUT2D eigenvalue weighted by molar-refractivity contribution is 5.94. The molecule has 4 heteroatoms. The van der Waals surface area contributed by atoms with Crippen LogP contribution >= 0.6 is 0 Å². The van der Waals surface area contributed by atoms with E-state index in [0.29, 0.717) is 5.56 Å².